The molecule has 144 valence electrons. The van der Waals surface area contributed by atoms with Crippen molar-refractivity contribution in [2.45, 2.75) is 31.6 Å². The van der Waals surface area contributed by atoms with Crippen LogP contribution in [0.1, 0.15) is 33.1 Å². The highest BCUT2D eigenvalue weighted by atomic mass is 35.5. The molecule has 0 saturated heterocycles. The van der Waals surface area contributed by atoms with Crippen molar-refractivity contribution in [3.05, 3.63) is 62.2 Å². The van der Waals surface area contributed by atoms with Gasteiger partial charge in [0.1, 0.15) is 22.8 Å². The summed E-state index contributed by atoms with van der Waals surface area (Å²) >= 11 is 7.40. The van der Waals surface area contributed by atoms with Crippen molar-refractivity contribution in [3.8, 4) is 0 Å². The molecule has 0 saturated carbocycles. The van der Waals surface area contributed by atoms with Crippen LogP contribution in [0.4, 0.5) is 4.39 Å². The van der Waals surface area contributed by atoms with Gasteiger partial charge in [0.2, 0.25) is 0 Å². The van der Waals surface area contributed by atoms with E-state index in [1.807, 2.05) is 6.92 Å². The highest BCUT2D eigenvalue weighted by Crippen LogP contribution is 2.30. The second-order valence-corrected chi connectivity index (χ2v) is 9.71. The van der Waals surface area contributed by atoms with E-state index in [9.17, 15) is 12.8 Å². The number of imidazole rings is 1. The standard InChI is InChI=1S/C17H17ClFN3O3S2/c1-9-7-20-14(26-9)8-25-15(11-4-5-13(19)12(18)6-11)16-21-10(2)17(22-16)27(3,23)24/h4-7,15H,8H2,1-3H3,(H,21,22)/t15-/m1/s1. The summed E-state index contributed by atoms with van der Waals surface area (Å²) < 4.78 is 43.3. The van der Waals surface area contributed by atoms with E-state index in [1.165, 1.54) is 29.5 Å². The molecule has 0 radical (unpaired) electrons. The van der Waals surface area contributed by atoms with Crippen LogP contribution in [0.15, 0.2) is 29.4 Å². The zero-order chi connectivity index (χ0) is 19.8. The molecular formula is C17H17ClFN3O3S2. The van der Waals surface area contributed by atoms with E-state index in [1.54, 1.807) is 13.1 Å². The molecule has 0 unspecified atom stereocenters. The van der Waals surface area contributed by atoms with Gasteiger partial charge in [-0.15, -0.1) is 11.3 Å². The fraction of sp³-hybridized carbons (Fsp3) is 0.294. The zero-order valence-electron chi connectivity index (χ0n) is 14.8. The van der Waals surface area contributed by atoms with Gasteiger partial charge in [0, 0.05) is 17.3 Å². The zero-order valence-corrected chi connectivity index (χ0v) is 17.2. The first kappa shape index (κ1) is 19.9. The number of hydrogen-bond acceptors (Lipinski definition) is 6. The summed E-state index contributed by atoms with van der Waals surface area (Å²) in [4.78, 5) is 12.5. The number of aromatic amines is 1. The third kappa shape index (κ3) is 4.55. The van der Waals surface area contributed by atoms with Crippen molar-refractivity contribution in [1.82, 2.24) is 15.0 Å². The smallest absolute Gasteiger partial charge is 0.194 e. The molecule has 10 heteroatoms. The normalized spacial score (nSPS) is 13.1. The Morgan fingerprint density at radius 2 is 2.11 bits per heavy atom. The van der Waals surface area contributed by atoms with Gasteiger partial charge in [0.05, 0.1) is 17.3 Å². The number of rotatable bonds is 6. The average Bonchev–Trinajstić information content (AvgIpc) is 3.16. The van der Waals surface area contributed by atoms with Crippen LogP contribution in [0.25, 0.3) is 0 Å². The summed E-state index contributed by atoms with van der Waals surface area (Å²) in [5.74, 6) is -0.258. The van der Waals surface area contributed by atoms with Gasteiger partial charge in [-0.25, -0.2) is 22.8 Å². The number of benzene rings is 1. The molecule has 0 amide bonds. The lowest BCUT2D eigenvalue weighted by Gasteiger charge is -2.16. The van der Waals surface area contributed by atoms with Gasteiger partial charge in [-0.05, 0) is 31.5 Å². The Morgan fingerprint density at radius 1 is 1.37 bits per heavy atom. The Bertz CT molecular complexity index is 1080. The SMILES string of the molecule is Cc1cnc(CO[C@H](c2ccc(F)c(Cl)c2)c2nc(S(C)(=O)=O)c(C)[nH]2)s1. The minimum atomic E-state index is -3.50. The maximum atomic E-state index is 13.6. The van der Waals surface area contributed by atoms with Crippen LogP contribution in [-0.4, -0.2) is 29.6 Å². The van der Waals surface area contributed by atoms with Crippen LogP contribution in [0.2, 0.25) is 5.02 Å². The summed E-state index contributed by atoms with van der Waals surface area (Å²) in [6.07, 6.45) is 2.07. The molecule has 6 nitrogen and oxygen atoms in total. The van der Waals surface area contributed by atoms with E-state index in [0.29, 0.717) is 17.1 Å². The minimum absolute atomic E-state index is 0.0515. The minimum Gasteiger partial charge on any atom is -0.358 e. The van der Waals surface area contributed by atoms with E-state index in [4.69, 9.17) is 16.3 Å². The first-order valence-electron chi connectivity index (χ1n) is 7.89. The molecule has 0 spiro atoms. The molecule has 0 aliphatic heterocycles. The summed E-state index contributed by atoms with van der Waals surface area (Å²) in [6, 6.07) is 4.19. The fourth-order valence-electron chi connectivity index (χ4n) is 2.58. The molecule has 0 fully saturated rings. The number of hydrogen-bond donors (Lipinski definition) is 1. The number of ether oxygens (including phenoxy) is 1. The second-order valence-electron chi connectivity index (χ2n) is 6.05. The van der Waals surface area contributed by atoms with Crippen molar-refractivity contribution in [1.29, 1.82) is 0 Å². The molecule has 3 aromatic rings. The largest absolute Gasteiger partial charge is 0.358 e. The topological polar surface area (TPSA) is 84.9 Å². The lowest BCUT2D eigenvalue weighted by Crippen LogP contribution is -2.09. The van der Waals surface area contributed by atoms with Crippen LogP contribution in [0.5, 0.6) is 0 Å². The first-order chi connectivity index (χ1) is 12.6. The predicted molar refractivity (Wildman–Crippen MR) is 101 cm³/mol. The number of halogens is 2. The lowest BCUT2D eigenvalue weighted by molar-refractivity contribution is 0.0612. The van der Waals surface area contributed by atoms with Gasteiger partial charge in [-0.3, -0.25) is 0 Å². The van der Waals surface area contributed by atoms with Crippen molar-refractivity contribution in [2.24, 2.45) is 0 Å². The van der Waals surface area contributed by atoms with E-state index in [2.05, 4.69) is 15.0 Å². The van der Waals surface area contributed by atoms with E-state index < -0.39 is 21.8 Å². The fourth-order valence-corrected chi connectivity index (χ4v) is 4.35. The summed E-state index contributed by atoms with van der Waals surface area (Å²) in [5, 5.41) is 0.652. The molecule has 0 aliphatic carbocycles. The van der Waals surface area contributed by atoms with Crippen molar-refractivity contribution >= 4 is 32.8 Å². The number of H-pyrrole nitrogens is 1. The quantitative estimate of drug-likeness (QED) is 0.640. The second kappa shape index (κ2) is 7.67. The summed E-state index contributed by atoms with van der Waals surface area (Å²) in [6.45, 7) is 3.74. The van der Waals surface area contributed by atoms with Gasteiger partial charge >= 0.3 is 0 Å². The van der Waals surface area contributed by atoms with Crippen LogP contribution in [0.3, 0.4) is 0 Å². The molecule has 2 aromatic heterocycles. The molecule has 0 bridgehead atoms. The monoisotopic (exact) mass is 429 g/mol. The van der Waals surface area contributed by atoms with E-state index >= 15 is 0 Å². The number of aryl methyl sites for hydroxylation is 2. The Morgan fingerprint density at radius 3 is 2.67 bits per heavy atom. The third-order valence-corrected chi connectivity index (χ3v) is 6.02. The van der Waals surface area contributed by atoms with Crippen molar-refractivity contribution < 1.29 is 17.5 Å². The van der Waals surface area contributed by atoms with Crippen molar-refractivity contribution in [3.63, 3.8) is 0 Å². The predicted octanol–water partition coefficient (Wildman–Crippen LogP) is 3.99. The molecule has 1 N–H and O–H groups in total. The highest BCUT2D eigenvalue weighted by molar-refractivity contribution is 7.90. The van der Waals surface area contributed by atoms with Gasteiger partial charge < -0.3 is 9.72 Å². The maximum Gasteiger partial charge on any atom is 0.194 e. The van der Waals surface area contributed by atoms with Gasteiger partial charge in [-0.1, -0.05) is 17.7 Å². The Hall–Kier alpha value is -1.81. The average molecular weight is 430 g/mol. The molecule has 1 aromatic carbocycles. The van der Waals surface area contributed by atoms with Crippen LogP contribution >= 0.6 is 22.9 Å². The summed E-state index contributed by atoms with van der Waals surface area (Å²) in [7, 11) is -3.50. The number of nitrogens with one attached hydrogen (secondary N) is 1. The van der Waals surface area contributed by atoms with Crippen LogP contribution < -0.4 is 0 Å². The maximum absolute atomic E-state index is 13.6. The van der Waals surface area contributed by atoms with Gasteiger partial charge in [0.15, 0.2) is 14.9 Å². The van der Waals surface area contributed by atoms with Crippen LogP contribution in [-0.2, 0) is 21.2 Å². The highest BCUT2D eigenvalue weighted by Gasteiger charge is 2.25. The molecule has 2 heterocycles. The van der Waals surface area contributed by atoms with Crippen molar-refractivity contribution in [2.75, 3.05) is 6.26 Å². The van der Waals surface area contributed by atoms with Gasteiger partial charge in [-0.2, -0.15) is 0 Å². The Kier molecular flexibility index (Phi) is 5.66. The number of aromatic nitrogens is 3. The lowest BCUT2D eigenvalue weighted by atomic mass is 10.1. The van der Waals surface area contributed by atoms with Crippen LogP contribution in [0, 0.1) is 19.7 Å². The van der Waals surface area contributed by atoms with E-state index in [0.717, 1.165) is 16.1 Å². The molecule has 3 rings (SSSR count). The molecule has 0 aliphatic rings. The molecule has 27 heavy (non-hydrogen) atoms. The Balaban J connectivity index is 2.00. The number of nitrogens with zero attached hydrogens (tertiary/aromatic N) is 2. The number of sulfone groups is 1. The molecule has 1 atom stereocenters. The number of thiazole rings is 1. The third-order valence-electron chi connectivity index (χ3n) is 3.75. The molecular weight excluding hydrogens is 413 g/mol. The van der Waals surface area contributed by atoms with E-state index in [-0.39, 0.29) is 16.7 Å². The van der Waals surface area contributed by atoms with Gasteiger partial charge in [0.25, 0.3) is 0 Å². The Labute approximate surface area is 165 Å². The summed E-state index contributed by atoms with van der Waals surface area (Å²) in [5.41, 5.74) is 0.947. The first-order valence-corrected chi connectivity index (χ1v) is 11.0.